The molecule has 0 unspecified atom stereocenters. The molecule has 160 valence electrons. The van der Waals surface area contributed by atoms with Gasteiger partial charge in [-0.2, -0.15) is 0 Å². The number of benzene rings is 2. The highest BCUT2D eigenvalue weighted by Crippen LogP contribution is 2.31. The van der Waals surface area contributed by atoms with Crippen LogP contribution in [0, 0.1) is 13.8 Å². The van der Waals surface area contributed by atoms with Gasteiger partial charge in [0.25, 0.3) is 0 Å². The number of hydrogen-bond acceptors (Lipinski definition) is 6. The van der Waals surface area contributed by atoms with Crippen molar-refractivity contribution >= 4 is 28.3 Å². The van der Waals surface area contributed by atoms with E-state index in [1.165, 1.54) is 0 Å². The summed E-state index contributed by atoms with van der Waals surface area (Å²) in [5, 5.41) is 12.0. The second-order valence-corrected chi connectivity index (χ2v) is 7.68. The highest BCUT2D eigenvalue weighted by molar-refractivity contribution is 5.95. The van der Waals surface area contributed by atoms with Crippen LogP contribution in [0.25, 0.3) is 16.7 Å². The zero-order chi connectivity index (χ0) is 21.8. The third kappa shape index (κ3) is 4.21. The summed E-state index contributed by atoms with van der Waals surface area (Å²) in [5.41, 5.74) is 4.23. The molecule has 0 amide bonds. The molecule has 0 aliphatic heterocycles. The van der Waals surface area contributed by atoms with Gasteiger partial charge < -0.3 is 10.1 Å². The number of ketones is 1. The van der Waals surface area contributed by atoms with Crippen LogP contribution in [-0.2, 0) is 0 Å². The molecule has 7 heteroatoms. The number of nitrogens with one attached hydrogen (secondary N) is 1. The van der Waals surface area contributed by atoms with Gasteiger partial charge in [-0.1, -0.05) is 42.8 Å². The van der Waals surface area contributed by atoms with E-state index in [0.717, 1.165) is 59.5 Å². The van der Waals surface area contributed by atoms with Gasteiger partial charge in [0.2, 0.25) is 5.65 Å². The molecule has 0 bridgehead atoms. The fourth-order valence-electron chi connectivity index (χ4n) is 3.85. The third-order valence-electron chi connectivity index (χ3n) is 5.48. The topological polar surface area (TPSA) is 81.4 Å². The van der Waals surface area contributed by atoms with Crippen LogP contribution >= 0.6 is 0 Å². The number of fused-ring (bicyclic) bond motifs is 3. The average molecular weight is 418 g/mol. The van der Waals surface area contributed by atoms with E-state index in [4.69, 9.17) is 9.72 Å². The van der Waals surface area contributed by atoms with Crippen LogP contribution in [0.1, 0.15) is 47.4 Å². The van der Waals surface area contributed by atoms with E-state index in [-0.39, 0.29) is 5.78 Å². The van der Waals surface area contributed by atoms with Crippen molar-refractivity contribution < 1.29 is 9.53 Å². The van der Waals surface area contributed by atoms with Crippen molar-refractivity contribution in [3.63, 3.8) is 0 Å². The molecule has 2 aromatic carbocycles. The highest BCUT2D eigenvalue weighted by atomic mass is 16.5. The summed E-state index contributed by atoms with van der Waals surface area (Å²) in [5.74, 6) is 2.45. The van der Waals surface area contributed by atoms with Crippen LogP contribution in [0.3, 0.4) is 0 Å². The molecule has 2 aromatic heterocycles. The Balaban J connectivity index is 1.43. The van der Waals surface area contributed by atoms with Crippen LogP contribution in [0.2, 0.25) is 0 Å². The van der Waals surface area contributed by atoms with Crippen molar-refractivity contribution in [3.8, 4) is 5.75 Å². The molecule has 0 radical (unpaired) electrons. The van der Waals surface area contributed by atoms with Crippen LogP contribution in [0.4, 0.5) is 5.82 Å². The van der Waals surface area contributed by atoms with Gasteiger partial charge in [-0.15, -0.1) is 10.2 Å². The lowest BCUT2D eigenvalue weighted by atomic mass is 10.0. The van der Waals surface area contributed by atoms with E-state index < -0.39 is 0 Å². The number of nitrogens with zero attached hydrogens (tertiary/aromatic N) is 4. The highest BCUT2D eigenvalue weighted by Gasteiger charge is 2.16. The third-order valence-corrected chi connectivity index (χ3v) is 5.48. The Kier molecular flexibility index (Phi) is 6.11. The van der Waals surface area contributed by atoms with Gasteiger partial charge in [-0.05, 0) is 38.3 Å². The summed E-state index contributed by atoms with van der Waals surface area (Å²) in [7, 11) is 1.66. The Morgan fingerprint density at radius 3 is 2.61 bits per heavy atom. The van der Waals surface area contributed by atoms with E-state index >= 15 is 0 Å². The Bertz CT molecular complexity index is 1220. The van der Waals surface area contributed by atoms with E-state index in [9.17, 15) is 4.79 Å². The fraction of sp³-hybridized carbons (Fsp3) is 0.333. The average Bonchev–Trinajstić information content (AvgIpc) is 3.18. The number of rotatable bonds is 9. The minimum absolute atomic E-state index is 0.202. The number of carbonyl (C=O) groups excluding carboxylic acids is 1. The maximum Gasteiger partial charge on any atom is 0.204 e. The van der Waals surface area contributed by atoms with Gasteiger partial charge in [0.1, 0.15) is 17.1 Å². The minimum Gasteiger partial charge on any atom is -0.494 e. The predicted octanol–water partition coefficient (Wildman–Crippen LogP) is 4.76. The number of anilines is 1. The summed E-state index contributed by atoms with van der Waals surface area (Å²) < 4.78 is 7.62. The van der Waals surface area contributed by atoms with Crippen molar-refractivity contribution in [2.24, 2.45) is 0 Å². The monoisotopic (exact) mass is 417 g/mol. The van der Waals surface area contributed by atoms with Crippen LogP contribution < -0.4 is 10.1 Å². The molecular weight excluding hydrogens is 390 g/mol. The number of hydrogen-bond donors (Lipinski definition) is 1. The van der Waals surface area contributed by atoms with Crippen LogP contribution in [0.15, 0.2) is 42.5 Å². The second-order valence-electron chi connectivity index (χ2n) is 7.68. The lowest BCUT2D eigenvalue weighted by Crippen LogP contribution is -2.08. The first-order chi connectivity index (χ1) is 15.1. The molecule has 0 aliphatic rings. The molecule has 0 saturated heterocycles. The first-order valence-corrected chi connectivity index (χ1v) is 10.6. The smallest absolute Gasteiger partial charge is 0.204 e. The Morgan fingerprint density at radius 2 is 1.84 bits per heavy atom. The summed E-state index contributed by atoms with van der Waals surface area (Å²) >= 11 is 0. The van der Waals surface area contributed by atoms with Gasteiger partial charge in [-0.25, -0.2) is 4.98 Å². The number of Topliss-reactive ketones (excluding diaryl/α,β-unsaturated/α-hetero) is 1. The first kappa shape index (κ1) is 20.8. The Hall–Kier alpha value is -3.48. The van der Waals surface area contributed by atoms with Crippen LogP contribution in [0.5, 0.6) is 5.75 Å². The van der Waals surface area contributed by atoms with Crippen molar-refractivity contribution in [1.82, 2.24) is 19.6 Å². The summed E-state index contributed by atoms with van der Waals surface area (Å²) in [6.07, 6.45) is 3.34. The van der Waals surface area contributed by atoms with E-state index in [1.807, 2.05) is 60.7 Å². The minimum atomic E-state index is 0.202. The second kappa shape index (κ2) is 9.12. The van der Waals surface area contributed by atoms with Gasteiger partial charge in [0, 0.05) is 18.5 Å². The molecule has 4 rings (SSSR count). The van der Waals surface area contributed by atoms with Crippen molar-refractivity contribution in [3.05, 3.63) is 59.4 Å². The van der Waals surface area contributed by atoms with E-state index in [1.54, 1.807) is 7.11 Å². The molecule has 1 N–H and O–H groups in total. The van der Waals surface area contributed by atoms with Gasteiger partial charge in [-0.3, -0.25) is 9.20 Å². The van der Waals surface area contributed by atoms with E-state index in [0.29, 0.717) is 17.9 Å². The van der Waals surface area contributed by atoms with Gasteiger partial charge in [0.15, 0.2) is 11.6 Å². The number of carbonyl (C=O) groups is 1. The van der Waals surface area contributed by atoms with Crippen LogP contribution in [-0.4, -0.2) is 39.0 Å². The molecule has 0 aliphatic carbocycles. The zero-order valence-corrected chi connectivity index (χ0v) is 18.2. The van der Waals surface area contributed by atoms with Crippen molar-refractivity contribution in [2.45, 2.75) is 39.5 Å². The van der Waals surface area contributed by atoms with Gasteiger partial charge in [0.05, 0.1) is 12.6 Å². The number of ether oxygens (including phenoxy) is 1. The van der Waals surface area contributed by atoms with E-state index in [2.05, 4.69) is 15.5 Å². The number of aryl methyl sites for hydroxylation is 2. The summed E-state index contributed by atoms with van der Waals surface area (Å²) in [6.45, 7) is 4.68. The Morgan fingerprint density at radius 1 is 1.03 bits per heavy atom. The number of methoxy groups -OCH3 is 1. The molecule has 0 fully saturated rings. The predicted molar refractivity (Wildman–Crippen MR) is 122 cm³/mol. The lowest BCUT2D eigenvalue weighted by Gasteiger charge is -2.13. The molecule has 2 heterocycles. The SMILES string of the molecule is COc1c(C)ccc2c1nc(NCCCCCC(=O)c1ccccc1)c1nnc(C)n12. The molecule has 0 saturated carbocycles. The zero-order valence-electron chi connectivity index (χ0n) is 18.2. The van der Waals surface area contributed by atoms with Crippen molar-refractivity contribution in [1.29, 1.82) is 0 Å². The molecule has 7 nitrogen and oxygen atoms in total. The summed E-state index contributed by atoms with van der Waals surface area (Å²) in [4.78, 5) is 17.0. The molecule has 0 atom stereocenters. The first-order valence-electron chi connectivity index (χ1n) is 10.6. The number of aromatic nitrogens is 4. The normalized spacial score (nSPS) is 11.2. The largest absolute Gasteiger partial charge is 0.494 e. The standard InChI is InChI=1S/C24H27N5O2/c1-16-13-14-19-21(22(16)31-3)26-23(24-28-27-17(2)29(19)24)25-15-9-5-8-12-20(30)18-10-6-4-7-11-18/h4,6-7,10-11,13-14H,5,8-9,12,15H2,1-3H3,(H,25,26). The maximum atomic E-state index is 12.2. The van der Waals surface area contributed by atoms with Crippen molar-refractivity contribution in [2.75, 3.05) is 19.0 Å². The molecule has 0 spiro atoms. The quantitative estimate of drug-likeness (QED) is 0.312. The van der Waals surface area contributed by atoms with Gasteiger partial charge >= 0.3 is 0 Å². The molecule has 31 heavy (non-hydrogen) atoms. The fourth-order valence-corrected chi connectivity index (χ4v) is 3.85. The summed E-state index contributed by atoms with van der Waals surface area (Å²) in [6, 6.07) is 13.5. The molecule has 4 aromatic rings. The maximum absolute atomic E-state index is 12.2. The Labute approximate surface area is 181 Å². The lowest BCUT2D eigenvalue weighted by molar-refractivity contribution is 0.0979. The number of unbranched alkanes of at least 4 members (excludes halogenated alkanes) is 2. The molecular formula is C24H27N5O2.